The molecule has 0 unspecified atom stereocenters. The number of aliphatic carboxylic acids is 1. The van der Waals surface area contributed by atoms with E-state index in [1.807, 2.05) is 31.2 Å². The lowest BCUT2D eigenvalue weighted by Crippen LogP contribution is -2.56. The van der Waals surface area contributed by atoms with E-state index < -0.39 is 53.2 Å². The van der Waals surface area contributed by atoms with E-state index in [9.17, 15) is 24.3 Å². The van der Waals surface area contributed by atoms with Crippen molar-refractivity contribution in [2.75, 3.05) is 6.54 Å². The fraction of sp³-hybridized carbons (Fsp3) is 0.581. The van der Waals surface area contributed by atoms with Crippen molar-refractivity contribution in [3.63, 3.8) is 0 Å². The van der Waals surface area contributed by atoms with Crippen molar-refractivity contribution >= 4 is 35.0 Å². The number of ether oxygens (including phenoxy) is 2. The number of hydrogen-bond donors (Lipinski definition) is 3. The Kier molecular flexibility index (Phi) is 8.40. The van der Waals surface area contributed by atoms with Gasteiger partial charge in [-0.1, -0.05) is 31.1 Å². The number of oxazole rings is 1. The Morgan fingerprint density at radius 1 is 1.21 bits per heavy atom. The molecule has 5 rings (SSSR count). The zero-order valence-corrected chi connectivity index (χ0v) is 25.1. The van der Waals surface area contributed by atoms with E-state index in [1.54, 1.807) is 26.8 Å². The van der Waals surface area contributed by atoms with Gasteiger partial charge in [0.2, 0.25) is 11.8 Å². The summed E-state index contributed by atoms with van der Waals surface area (Å²) < 4.78 is 17.2. The number of aryl methyl sites for hydroxylation is 1. The molecule has 1 aromatic carbocycles. The molecule has 3 aliphatic rings. The van der Waals surface area contributed by atoms with Crippen LogP contribution in [-0.2, 0) is 19.1 Å². The molecule has 12 heteroatoms. The molecule has 1 saturated carbocycles. The van der Waals surface area contributed by atoms with Gasteiger partial charge in [0.1, 0.15) is 34.8 Å². The molecular weight excluding hydrogens is 556 g/mol. The summed E-state index contributed by atoms with van der Waals surface area (Å²) in [5, 5.41) is 15.5. The number of carboxylic acids is 1. The molecule has 1 aromatic heterocycles. The SMILES string of the molecule is Cc1ccc2oc(O[C@@H]3C[C@H]4C(=O)N[C@]5(C(=O)O)C[C@H]5C=CCCCCC[C@H](NC(=O)OC(C)(C)C)C(=O)N4C3)nc2c1. The highest BCUT2D eigenvalue weighted by Gasteiger charge is 2.61. The number of allylic oxidation sites excluding steroid dienone is 1. The maximum Gasteiger partial charge on any atom is 0.408 e. The van der Waals surface area contributed by atoms with Gasteiger partial charge in [-0.15, -0.1) is 0 Å². The molecule has 0 radical (unpaired) electrons. The number of aromatic nitrogens is 1. The number of benzene rings is 1. The fourth-order valence-corrected chi connectivity index (χ4v) is 5.81. The molecule has 232 valence electrons. The smallest absolute Gasteiger partial charge is 0.408 e. The first-order chi connectivity index (χ1) is 20.3. The van der Waals surface area contributed by atoms with Crippen LogP contribution in [0.4, 0.5) is 4.79 Å². The number of rotatable bonds is 4. The molecule has 2 aliphatic heterocycles. The Balaban J connectivity index is 1.42. The van der Waals surface area contributed by atoms with E-state index in [4.69, 9.17) is 13.9 Å². The second-order valence-electron chi connectivity index (χ2n) is 12.8. The van der Waals surface area contributed by atoms with Crippen LogP contribution < -0.4 is 15.4 Å². The summed E-state index contributed by atoms with van der Waals surface area (Å²) in [5.74, 6) is -2.50. The van der Waals surface area contributed by atoms with Crippen molar-refractivity contribution in [2.24, 2.45) is 5.92 Å². The predicted octanol–water partition coefficient (Wildman–Crippen LogP) is 3.86. The molecule has 3 amide bonds. The molecule has 1 saturated heterocycles. The Morgan fingerprint density at radius 2 is 2.00 bits per heavy atom. The first kappa shape index (κ1) is 30.4. The third-order valence-electron chi connectivity index (χ3n) is 8.10. The maximum atomic E-state index is 14.0. The quantitative estimate of drug-likeness (QED) is 0.445. The van der Waals surface area contributed by atoms with Gasteiger partial charge in [0.15, 0.2) is 5.58 Å². The lowest BCUT2D eigenvalue weighted by Gasteiger charge is -2.30. The van der Waals surface area contributed by atoms with Gasteiger partial charge in [-0.2, -0.15) is 4.98 Å². The van der Waals surface area contributed by atoms with E-state index in [0.717, 1.165) is 24.8 Å². The first-order valence-corrected chi connectivity index (χ1v) is 14.9. The third kappa shape index (κ3) is 6.94. The van der Waals surface area contributed by atoms with Crippen LogP contribution in [0, 0.1) is 12.8 Å². The number of carbonyl (C=O) groups is 4. The highest BCUT2D eigenvalue weighted by Crippen LogP contribution is 2.45. The minimum atomic E-state index is -1.42. The zero-order chi connectivity index (χ0) is 30.9. The summed E-state index contributed by atoms with van der Waals surface area (Å²) in [4.78, 5) is 58.5. The number of carbonyl (C=O) groups excluding carboxylic acids is 3. The minimum absolute atomic E-state index is 0.0130. The number of hydrogen-bond acceptors (Lipinski definition) is 8. The van der Waals surface area contributed by atoms with Crippen molar-refractivity contribution in [1.82, 2.24) is 20.5 Å². The summed E-state index contributed by atoms with van der Waals surface area (Å²) >= 11 is 0. The lowest BCUT2D eigenvalue weighted by atomic mass is 10.0. The molecule has 2 fully saturated rings. The van der Waals surface area contributed by atoms with Crippen LogP contribution in [0.25, 0.3) is 11.1 Å². The third-order valence-corrected chi connectivity index (χ3v) is 8.10. The van der Waals surface area contributed by atoms with E-state index in [0.29, 0.717) is 23.9 Å². The molecule has 43 heavy (non-hydrogen) atoms. The van der Waals surface area contributed by atoms with Crippen LogP contribution in [0.1, 0.15) is 71.3 Å². The number of fused-ring (bicyclic) bond motifs is 3. The van der Waals surface area contributed by atoms with E-state index in [-0.39, 0.29) is 31.4 Å². The zero-order valence-electron chi connectivity index (χ0n) is 25.1. The standard InChI is InChI=1S/C31H40N4O8/c1-18-12-13-24-22(14-18)33-29(42-24)41-20-15-23-25(36)34-31(27(38)39)16-19(31)10-8-6-5-7-9-11-21(26(37)35(23)17-20)32-28(40)43-30(2,3)4/h8,10,12-14,19-21,23H,5-7,9,11,15-17H2,1-4H3,(H,32,40)(H,34,36)(H,38,39)/t19-,20-,21+,23+,31-/m1/s1. The van der Waals surface area contributed by atoms with Crippen molar-refractivity contribution in [3.8, 4) is 6.08 Å². The van der Waals surface area contributed by atoms with E-state index in [1.165, 1.54) is 4.90 Å². The molecule has 5 atom stereocenters. The topological polar surface area (TPSA) is 160 Å². The number of alkyl carbamates (subject to hydrolysis) is 1. The average molecular weight is 597 g/mol. The highest BCUT2D eigenvalue weighted by molar-refractivity contribution is 5.96. The van der Waals surface area contributed by atoms with Crippen LogP contribution in [0.15, 0.2) is 34.8 Å². The van der Waals surface area contributed by atoms with Gasteiger partial charge in [-0.3, -0.25) is 9.59 Å². The molecular formula is C31H40N4O8. The molecule has 2 aromatic rings. The number of carboxylic acid groups (broad SMARTS) is 1. The Hall–Kier alpha value is -4.09. The summed E-state index contributed by atoms with van der Waals surface area (Å²) in [6, 6.07) is 3.57. The van der Waals surface area contributed by atoms with Crippen LogP contribution in [0.5, 0.6) is 6.08 Å². The van der Waals surface area contributed by atoms with Crippen LogP contribution in [0.3, 0.4) is 0 Å². The predicted molar refractivity (Wildman–Crippen MR) is 155 cm³/mol. The van der Waals surface area contributed by atoms with Crippen LogP contribution >= 0.6 is 0 Å². The Morgan fingerprint density at radius 3 is 2.74 bits per heavy atom. The summed E-state index contributed by atoms with van der Waals surface area (Å²) in [6.07, 6.45) is 6.21. The van der Waals surface area contributed by atoms with Gasteiger partial charge in [-0.05, 0) is 71.1 Å². The second kappa shape index (κ2) is 11.9. The average Bonchev–Trinajstić information content (AvgIpc) is 3.23. The normalized spacial score (nSPS) is 28.2. The first-order valence-electron chi connectivity index (χ1n) is 14.9. The van der Waals surface area contributed by atoms with Crippen molar-refractivity contribution in [2.45, 2.75) is 102 Å². The molecule has 3 heterocycles. The largest absolute Gasteiger partial charge is 0.479 e. The molecule has 0 spiro atoms. The van der Waals surface area contributed by atoms with Crippen LogP contribution in [0.2, 0.25) is 0 Å². The minimum Gasteiger partial charge on any atom is -0.479 e. The second-order valence-corrected chi connectivity index (χ2v) is 12.8. The molecule has 1 aliphatic carbocycles. The Bertz CT molecular complexity index is 1430. The number of amides is 3. The molecule has 3 N–H and O–H groups in total. The van der Waals surface area contributed by atoms with Gasteiger partial charge in [0.05, 0.1) is 6.54 Å². The highest BCUT2D eigenvalue weighted by atomic mass is 16.6. The number of nitrogens with one attached hydrogen (secondary N) is 2. The Labute approximate surface area is 250 Å². The molecule has 12 nitrogen and oxygen atoms in total. The lowest BCUT2D eigenvalue weighted by molar-refractivity contribution is -0.145. The van der Waals surface area contributed by atoms with Crippen molar-refractivity contribution < 1.29 is 38.2 Å². The fourth-order valence-electron chi connectivity index (χ4n) is 5.81. The van der Waals surface area contributed by atoms with E-state index in [2.05, 4.69) is 15.6 Å². The number of nitrogens with zero attached hydrogens (tertiary/aromatic N) is 2. The van der Waals surface area contributed by atoms with Crippen molar-refractivity contribution in [1.29, 1.82) is 0 Å². The van der Waals surface area contributed by atoms with Gasteiger partial charge < -0.3 is 34.5 Å². The maximum absolute atomic E-state index is 14.0. The van der Waals surface area contributed by atoms with Crippen molar-refractivity contribution in [3.05, 3.63) is 35.9 Å². The van der Waals surface area contributed by atoms with E-state index >= 15 is 0 Å². The van der Waals surface area contributed by atoms with Gasteiger partial charge in [0, 0.05) is 12.3 Å². The summed E-state index contributed by atoms with van der Waals surface area (Å²) in [7, 11) is 0. The van der Waals surface area contributed by atoms with Gasteiger partial charge in [0.25, 0.3) is 0 Å². The van der Waals surface area contributed by atoms with Gasteiger partial charge >= 0.3 is 18.1 Å². The van der Waals surface area contributed by atoms with Crippen LogP contribution in [-0.4, -0.2) is 74.7 Å². The van der Waals surface area contributed by atoms with Gasteiger partial charge in [-0.25, -0.2) is 9.59 Å². The summed E-state index contributed by atoms with van der Waals surface area (Å²) in [5.41, 5.74) is -0.0216. The summed E-state index contributed by atoms with van der Waals surface area (Å²) in [6.45, 7) is 7.16. The monoisotopic (exact) mass is 596 g/mol. The molecule has 0 bridgehead atoms.